The molecule has 3 N–H and O–H groups in total. The molecule has 3 amide bonds. The molecule has 1 aromatic heterocycles. The summed E-state index contributed by atoms with van der Waals surface area (Å²) in [6.45, 7) is 3.65. The molecule has 0 radical (unpaired) electrons. The lowest BCUT2D eigenvalue weighted by molar-refractivity contribution is -0.124. The molecule has 0 saturated heterocycles. The van der Waals surface area contributed by atoms with Crippen LogP contribution in [0.15, 0.2) is 18.2 Å². The number of amides is 3. The monoisotopic (exact) mass is 455 g/mol. The van der Waals surface area contributed by atoms with Gasteiger partial charge >= 0.3 is 6.03 Å². The Hall–Kier alpha value is -2.75. The van der Waals surface area contributed by atoms with Gasteiger partial charge in [-0.1, -0.05) is 11.6 Å². The topological polar surface area (TPSA) is 93.2 Å². The third kappa shape index (κ3) is 3.84. The number of fused-ring (bicyclic) bond motifs is 1. The van der Waals surface area contributed by atoms with Crippen LogP contribution in [0.2, 0.25) is 5.02 Å². The van der Waals surface area contributed by atoms with Gasteiger partial charge in [0.25, 0.3) is 11.8 Å². The number of nitrogens with one attached hydrogen (secondary N) is 1. The average Bonchev–Trinajstić information content (AvgIpc) is 2.99. The Bertz CT molecular complexity index is 1080. The zero-order valence-electron chi connectivity index (χ0n) is 16.9. The molecule has 1 unspecified atom stereocenters. The highest BCUT2D eigenvalue weighted by molar-refractivity contribution is 6.31. The van der Waals surface area contributed by atoms with Crippen molar-refractivity contribution >= 4 is 23.5 Å². The van der Waals surface area contributed by atoms with Crippen LogP contribution in [0.3, 0.4) is 0 Å². The molecule has 2 aromatic rings. The second-order valence-electron chi connectivity index (χ2n) is 8.52. The van der Waals surface area contributed by atoms with Crippen LogP contribution < -0.4 is 11.1 Å². The fourth-order valence-electron chi connectivity index (χ4n) is 4.36. The van der Waals surface area contributed by atoms with E-state index in [9.17, 15) is 22.8 Å². The first-order valence-electron chi connectivity index (χ1n) is 9.71. The Morgan fingerprint density at radius 2 is 2.00 bits per heavy atom. The minimum absolute atomic E-state index is 0.0136. The summed E-state index contributed by atoms with van der Waals surface area (Å²) in [5, 5.41) is 7.01. The van der Waals surface area contributed by atoms with Gasteiger partial charge in [0.2, 0.25) is 0 Å². The molecule has 4 rings (SSSR count). The summed E-state index contributed by atoms with van der Waals surface area (Å²) >= 11 is 5.87. The highest BCUT2D eigenvalue weighted by Crippen LogP contribution is 2.45. The molecule has 1 aliphatic carbocycles. The third-order valence-electron chi connectivity index (χ3n) is 5.75. The van der Waals surface area contributed by atoms with E-state index in [1.54, 1.807) is 18.5 Å². The SMILES string of the molecule is CC1Cn2nc(-c3ccc(F)c(Cl)c3)c(C(N)=O)c2CN1C(=O)NC1(C)CC(F)(F)C1. The molecular weight excluding hydrogens is 435 g/mol. The maximum atomic E-state index is 13.6. The summed E-state index contributed by atoms with van der Waals surface area (Å²) in [6.07, 6.45) is -0.845. The van der Waals surface area contributed by atoms with E-state index in [1.165, 1.54) is 17.0 Å². The van der Waals surface area contributed by atoms with Gasteiger partial charge in [-0.3, -0.25) is 9.48 Å². The summed E-state index contributed by atoms with van der Waals surface area (Å²) < 4.78 is 41.7. The number of hydrogen-bond acceptors (Lipinski definition) is 3. The number of alkyl halides is 2. The molecule has 7 nitrogen and oxygen atoms in total. The number of nitrogens with zero attached hydrogens (tertiary/aromatic N) is 3. The van der Waals surface area contributed by atoms with E-state index < -0.39 is 42.1 Å². The second-order valence-corrected chi connectivity index (χ2v) is 8.93. The van der Waals surface area contributed by atoms with Crippen LogP contribution in [0, 0.1) is 5.82 Å². The van der Waals surface area contributed by atoms with Crippen molar-refractivity contribution in [1.82, 2.24) is 20.0 Å². The van der Waals surface area contributed by atoms with E-state index in [1.807, 2.05) is 0 Å². The number of urea groups is 1. The molecule has 1 atom stereocenters. The van der Waals surface area contributed by atoms with Crippen molar-refractivity contribution in [1.29, 1.82) is 0 Å². The molecule has 11 heteroatoms. The highest BCUT2D eigenvalue weighted by atomic mass is 35.5. The molecule has 1 fully saturated rings. The van der Waals surface area contributed by atoms with E-state index in [0.29, 0.717) is 11.3 Å². The second kappa shape index (κ2) is 7.15. The number of aromatic nitrogens is 2. The molecule has 2 heterocycles. The van der Waals surface area contributed by atoms with E-state index in [-0.39, 0.29) is 35.4 Å². The van der Waals surface area contributed by atoms with Gasteiger partial charge in [0.05, 0.1) is 41.0 Å². The first kappa shape index (κ1) is 21.5. The maximum Gasteiger partial charge on any atom is 0.318 e. The van der Waals surface area contributed by atoms with Gasteiger partial charge in [0.15, 0.2) is 0 Å². The lowest BCUT2D eigenvalue weighted by Gasteiger charge is -2.46. The first-order valence-corrected chi connectivity index (χ1v) is 10.1. The van der Waals surface area contributed by atoms with Gasteiger partial charge in [-0.2, -0.15) is 5.10 Å². The molecule has 2 aliphatic rings. The Balaban J connectivity index is 1.64. The number of primary amides is 1. The minimum Gasteiger partial charge on any atom is -0.365 e. The standard InChI is InChI=1S/C20H21ClF3N5O2/c1-10-6-29-14(7-28(10)18(31)26-19(2)8-20(23,24)9-19)15(17(25)30)16(27-29)11-3-4-13(22)12(21)5-11/h3-5,10H,6-9H2,1-2H3,(H2,25,30)(H,26,31). The summed E-state index contributed by atoms with van der Waals surface area (Å²) in [7, 11) is 0. The van der Waals surface area contributed by atoms with Crippen molar-refractivity contribution in [2.45, 2.75) is 57.3 Å². The summed E-state index contributed by atoms with van der Waals surface area (Å²) in [5.41, 5.74) is 5.79. The Morgan fingerprint density at radius 3 is 2.58 bits per heavy atom. The summed E-state index contributed by atoms with van der Waals surface area (Å²) in [4.78, 5) is 26.6. The van der Waals surface area contributed by atoms with Crippen molar-refractivity contribution in [3.8, 4) is 11.3 Å². The smallest absolute Gasteiger partial charge is 0.318 e. The summed E-state index contributed by atoms with van der Waals surface area (Å²) in [5.74, 6) is -4.14. The number of halogens is 4. The molecule has 1 aromatic carbocycles. The average molecular weight is 456 g/mol. The predicted octanol–water partition coefficient (Wildman–Crippen LogP) is 3.54. The number of nitrogens with two attached hydrogens (primary N) is 1. The van der Waals surface area contributed by atoms with Gasteiger partial charge in [0.1, 0.15) is 11.5 Å². The van der Waals surface area contributed by atoms with E-state index >= 15 is 0 Å². The van der Waals surface area contributed by atoms with E-state index in [2.05, 4.69) is 10.4 Å². The zero-order valence-corrected chi connectivity index (χ0v) is 17.6. The molecule has 1 aliphatic heterocycles. The third-order valence-corrected chi connectivity index (χ3v) is 6.04. The Kier molecular flexibility index (Phi) is 4.95. The predicted molar refractivity (Wildman–Crippen MR) is 107 cm³/mol. The zero-order chi connectivity index (χ0) is 22.7. The van der Waals surface area contributed by atoms with Gasteiger partial charge in [-0.25, -0.2) is 18.0 Å². The van der Waals surface area contributed by atoms with Crippen LogP contribution in [0.25, 0.3) is 11.3 Å². The number of benzene rings is 1. The molecule has 166 valence electrons. The Labute approximate surface area is 181 Å². The summed E-state index contributed by atoms with van der Waals surface area (Å²) in [6, 6.07) is 3.14. The number of rotatable bonds is 3. The van der Waals surface area contributed by atoms with Crippen LogP contribution in [-0.2, 0) is 13.1 Å². The quantitative estimate of drug-likeness (QED) is 0.741. The van der Waals surface area contributed by atoms with Crippen LogP contribution in [0.4, 0.5) is 18.0 Å². The van der Waals surface area contributed by atoms with Gasteiger partial charge < -0.3 is 16.0 Å². The van der Waals surface area contributed by atoms with Gasteiger partial charge in [-0.15, -0.1) is 0 Å². The molecule has 31 heavy (non-hydrogen) atoms. The highest BCUT2D eigenvalue weighted by Gasteiger charge is 2.55. The van der Waals surface area contributed by atoms with Gasteiger partial charge in [0, 0.05) is 18.4 Å². The number of carbonyl (C=O) groups excluding carboxylic acids is 2. The molecule has 0 spiro atoms. The molecular formula is C20H21ClF3N5O2. The number of carbonyl (C=O) groups is 2. The normalized spacial score (nSPS) is 21.2. The number of hydrogen-bond donors (Lipinski definition) is 2. The van der Waals surface area contributed by atoms with Crippen LogP contribution in [-0.4, -0.2) is 44.1 Å². The van der Waals surface area contributed by atoms with Gasteiger partial charge in [-0.05, 0) is 32.0 Å². The largest absolute Gasteiger partial charge is 0.365 e. The van der Waals surface area contributed by atoms with Crippen LogP contribution in [0.5, 0.6) is 0 Å². The molecule has 0 bridgehead atoms. The minimum atomic E-state index is -2.78. The van der Waals surface area contributed by atoms with Crippen molar-refractivity contribution in [3.63, 3.8) is 0 Å². The van der Waals surface area contributed by atoms with Crippen molar-refractivity contribution < 1.29 is 22.8 Å². The lowest BCUT2D eigenvalue weighted by Crippen LogP contribution is -2.63. The van der Waals surface area contributed by atoms with Crippen molar-refractivity contribution in [2.24, 2.45) is 5.73 Å². The van der Waals surface area contributed by atoms with Crippen LogP contribution in [0.1, 0.15) is 42.7 Å². The Morgan fingerprint density at radius 1 is 1.32 bits per heavy atom. The fourth-order valence-corrected chi connectivity index (χ4v) is 4.54. The van der Waals surface area contributed by atoms with Crippen molar-refractivity contribution in [2.75, 3.05) is 0 Å². The van der Waals surface area contributed by atoms with E-state index in [4.69, 9.17) is 17.3 Å². The fraction of sp³-hybridized carbons (Fsp3) is 0.450. The lowest BCUT2D eigenvalue weighted by atomic mass is 9.75. The van der Waals surface area contributed by atoms with E-state index in [0.717, 1.165) is 6.07 Å². The van der Waals surface area contributed by atoms with Crippen molar-refractivity contribution in [3.05, 3.63) is 40.3 Å². The molecule has 1 saturated carbocycles. The maximum absolute atomic E-state index is 13.6. The first-order chi connectivity index (χ1) is 14.4. The van der Waals surface area contributed by atoms with Crippen LogP contribution >= 0.6 is 11.6 Å².